The zero-order valence-corrected chi connectivity index (χ0v) is 22.0. The van der Waals surface area contributed by atoms with Crippen LogP contribution < -0.4 is 15.2 Å². The first-order valence-corrected chi connectivity index (χ1v) is 12.2. The molecule has 1 rings (SSSR count). The van der Waals surface area contributed by atoms with E-state index in [1.807, 2.05) is 6.92 Å². The Bertz CT molecular complexity index is 889. The Balaban J connectivity index is 2.76. The van der Waals surface area contributed by atoms with Crippen molar-refractivity contribution in [3.8, 4) is 11.5 Å². The van der Waals surface area contributed by atoms with Crippen molar-refractivity contribution in [2.45, 2.75) is 78.6 Å². The van der Waals surface area contributed by atoms with Crippen LogP contribution in [0.5, 0.6) is 11.5 Å². The van der Waals surface area contributed by atoms with Gasteiger partial charge in [-0.3, -0.25) is 4.79 Å². The van der Waals surface area contributed by atoms with Gasteiger partial charge in [0.15, 0.2) is 11.5 Å². The van der Waals surface area contributed by atoms with Gasteiger partial charge in [0.2, 0.25) is 0 Å². The Hall–Kier alpha value is -3.54. The number of hydrogen-bond acceptors (Lipinski definition) is 12. The fourth-order valence-electron chi connectivity index (χ4n) is 2.81. The van der Waals surface area contributed by atoms with Crippen molar-refractivity contribution in [1.29, 1.82) is 0 Å². The zero-order valence-electron chi connectivity index (χ0n) is 22.0. The molecule has 0 radical (unpaired) electrons. The summed E-state index contributed by atoms with van der Waals surface area (Å²) in [5.41, 5.74) is 6.48. The van der Waals surface area contributed by atoms with E-state index in [2.05, 4.69) is 0 Å². The Labute approximate surface area is 216 Å². The fourth-order valence-corrected chi connectivity index (χ4v) is 2.81. The summed E-state index contributed by atoms with van der Waals surface area (Å²) < 4.78 is 35.1. The van der Waals surface area contributed by atoms with E-state index in [4.69, 9.17) is 38.9 Å². The lowest BCUT2D eigenvalue weighted by Crippen LogP contribution is -2.39. The first-order valence-electron chi connectivity index (χ1n) is 12.2. The molecule has 0 aliphatic rings. The second kappa shape index (κ2) is 17.0. The molecule has 0 aliphatic heterocycles. The summed E-state index contributed by atoms with van der Waals surface area (Å²) in [5.74, 6) is -0.955. The van der Waals surface area contributed by atoms with Crippen LogP contribution in [0.3, 0.4) is 0 Å². The summed E-state index contributed by atoms with van der Waals surface area (Å²) in [5, 5.41) is 0. The lowest BCUT2D eigenvalue weighted by atomic mass is 10.1. The van der Waals surface area contributed by atoms with Crippen LogP contribution in [0.1, 0.15) is 59.4 Å². The summed E-state index contributed by atoms with van der Waals surface area (Å²) in [7, 11) is 0. The Kier molecular flexibility index (Phi) is 14.5. The van der Waals surface area contributed by atoms with Gasteiger partial charge in [0.25, 0.3) is 0 Å². The Morgan fingerprint density at radius 2 is 1.38 bits per heavy atom. The average Bonchev–Trinajstić information content (AvgIpc) is 2.83. The smallest absolute Gasteiger partial charge is 0.458 e. The van der Waals surface area contributed by atoms with Gasteiger partial charge in [-0.05, 0) is 58.2 Å². The molecule has 0 amide bonds. The van der Waals surface area contributed by atoms with E-state index < -0.39 is 42.7 Å². The number of rotatable bonds is 14. The molecule has 0 saturated carbocycles. The minimum absolute atomic E-state index is 0.000860. The van der Waals surface area contributed by atoms with Crippen LogP contribution in [0.25, 0.3) is 0 Å². The SMILES string of the molecule is CCCCCOC(=O)O[C@H](C)[C@@H](C)OC(=O)[C@@H](N)Cc1ccc(OC(=O)OCC)c(OC(=O)OCC)c1. The molecule has 0 spiro atoms. The summed E-state index contributed by atoms with van der Waals surface area (Å²) in [6, 6.07) is 3.18. The van der Waals surface area contributed by atoms with Gasteiger partial charge in [0.05, 0.1) is 19.8 Å². The molecular weight excluding hydrogens is 490 g/mol. The first-order chi connectivity index (χ1) is 17.6. The van der Waals surface area contributed by atoms with Gasteiger partial charge < -0.3 is 38.9 Å². The van der Waals surface area contributed by atoms with Gasteiger partial charge in [-0.15, -0.1) is 0 Å². The van der Waals surface area contributed by atoms with E-state index >= 15 is 0 Å². The number of nitrogens with two attached hydrogens (primary N) is 1. The van der Waals surface area contributed by atoms with Crippen LogP contribution in [0.4, 0.5) is 14.4 Å². The molecule has 1 aromatic carbocycles. The van der Waals surface area contributed by atoms with Gasteiger partial charge in [0.1, 0.15) is 18.2 Å². The van der Waals surface area contributed by atoms with Crippen LogP contribution in [-0.4, -0.2) is 62.5 Å². The maximum Gasteiger partial charge on any atom is 0.513 e. The molecule has 0 aliphatic carbocycles. The monoisotopic (exact) mass is 527 g/mol. The molecule has 0 bridgehead atoms. The van der Waals surface area contributed by atoms with Gasteiger partial charge in [-0.25, -0.2) is 14.4 Å². The highest BCUT2D eigenvalue weighted by Crippen LogP contribution is 2.30. The highest BCUT2D eigenvalue weighted by molar-refractivity contribution is 5.76. The van der Waals surface area contributed by atoms with E-state index in [1.54, 1.807) is 27.7 Å². The molecule has 37 heavy (non-hydrogen) atoms. The molecule has 2 N–H and O–H groups in total. The fraction of sp³-hybridized carbons (Fsp3) is 0.600. The molecule has 0 aromatic heterocycles. The van der Waals surface area contributed by atoms with Crippen LogP contribution in [0.15, 0.2) is 18.2 Å². The number of unbranched alkanes of at least 4 members (excludes halogenated alkanes) is 2. The first kappa shape index (κ1) is 31.5. The van der Waals surface area contributed by atoms with Gasteiger partial charge in [0, 0.05) is 0 Å². The van der Waals surface area contributed by atoms with E-state index in [0.29, 0.717) is 5.56 Å². The number of benzene rings is 1. The second-order valence-corrected chi connectivity index (χ2v) is 7.93. The third kappa shape index (κ3) is 12.3. The van der Waals surface area contributed by atoms with Gasteiger partial charge in [-0.1, -0.05) is 25.8 Å². The van der Waals surface area contributed by atoms with Crippen LogP contribution in [-0.2, 0) is 34.9 Å². The third-order valence-electron chi connectivity index (χ3n) is 4.89. The summed E-state index contributed by atoms with van der Waals surface area (Å²) in [6.07, 6.45) is -1.72. The van der Waals surface area contributed by atoms with E-state index in [-0.39, 0.29) is 37.7 Å². The normalized spacial score (nSPS) is 12.9. The highest BCUT2D eigenvalue weighted by atomic mass is 16.7. The molecule has 0 unspecified atom stereocenters. The van der Waals surface area contributed by atoms with Crippen LogP contribution in [0, 0.1) is 0 Å². The number of esters is 1. The molecule has 0 saturated heterocycles. The number of carbonyl (C=O) groups excluding carboxylic acids is 4. The Morgan fingerprint density at radius 3 is 1.97 bits per heavy atom. The predicted molar refractivity (Wildman–Crippen MR) is 130 cm³/mol. The molecule has 1 aromatic rings. The molecule has 0 heterocycles. The molecule has 3 atom stereocenters. The van der Waals surface area contributed by atoms with Crippen molar-refractivity contribution in [3.63, 3.8) is 0 Å². The van der Waals surface area contributed by atoms with Crippen molar-refractivity contribution >= 4 is 24.4 Å². The highest BCUT2D eigenvalue weighted by Gasteiger charge is 2.25. The van der Waals surface area contributed by atoms with Gasteiger partial charge >= 0.3 is 24.4 Å². The summed E-state index contributed by atoms with van der Waals surface area (Å²) >= 11 is 0. The summed E-state index contributed by atoms with van der Waals surface area (Å²) in [6.45, 7) is 8.78. The van der Waals surface area contributed by atoms with E-state index in [9.17, 15) is 19.2 Å². The molecular formula is C25H37NO11. The topological polar surface area (TPSA) is 159 Å². The number of ether oxygens (including phenoxy) is 7. The van der Waals surface area contributed by atoms with Crippen molar-refractivity contribution < 1.29 is 52.3 Å². The largest absolute Gasteiger partial charge is 0.513 e. The zero-order chi connectivity index (χ0) is 27.8. The lowest BCUT2D eigenvalue weighted by Gasteiger charge is -2.22. The maximum absolute atomic E-state index is 12.5. The maximum atomic E-state index is 12.5. The quantitative estimate of drug-likeness (QED) is 0.158. The third-order valence-corrected chi connectivity index (χ3v) is 4.89. The predicted octanol–water partition coefficient (Wildman–Crippen LogP) is 4.29. The standard InChI is InChI=1S/C25H37NO11/c1-6-9-10-13-33-25(30)35-17(5)16(4)34-22(27)19(26)14-18-11-12-20(36-23(28)31-7-2)21(15-18)37-24(29)32-8-3/h11-12,15-17,19H,6-10,13-14,26H2,1-5H3/t16-,17-,19+/m1/s1. The van der Waals surface area contributed by atoms with Crippen LogP contribution in [0.2, 0.25) is 0 Å². The van der Waals surface area contributed by atoms with Crippen LogP contribution >= 0.6 is 0 Å². The van der Waals surface area contributed by atoms with Crippen molar-refractivity contribution in [2.24, 2.45) is 5.73 Å². The number of hydrogen-bond donors (Lipinski definition) is 1. The average molecular weight is 528 g/mol. The lowest BCUT2D eigenvalue weighted by molar-refractivity contribution is -0.155. The molecule has 12 heteroatoms. The Morgan fingerprint density at radius 1 is 0.784 bits per heavy atom. The minimum atomic E-state index is -1.09. The van der Waals surface area contributed by atoms with Gasteiger partial charge in [-0.2, -0.15) is 0 Å². The van der Waals surface area contributed by atoms with Crippen molar-refractivity contribution in [2.75, 3.05) is 19.8 Å². The van der Waals surface area contributed by atoms with Crippen molar-refractivity contribution in [1.82, 2.24) is 0 Å². The number of carbonyl (C=O) groups is 4. The van der Waals surface area contributed by atoms with Crippen molar-refractivity contribution in [3.05, 3.63) is 23.8 Å². The molecule has 0 fully saturated rings. The minimum Gasteiger partial charge on any atom is -0.458 e. The summed E-state index contributed by atoms with van der Waals surface area (Å²) in [4.78, 5) is 47.8. The van der Waals surface area contributed by atoms with E-state index in [1.165, 1.54) is 18.2 Å². The van der Waals surface area contributed by atoms with E-state index in [0.717, 1.165) is 19.3 Å². The molecule has 12 nitrogen and oxygen atoms in total. The molecule has 208 valence electrons. The second-order valence-electron chi connectivity index (χ2n) is 7.93.